The predicted octanol–water partition coefficient (Wildman–Crippen LogP) is 3.16. The van der Waals surface area contributed by atoms with Crippen LogP contribution in [0.15, 0.2) is 28.8 Å². The zero-order chi connectivity index (χ0) is 13.2. The van der Waals surface area contributed by atoms with Gasteiger partial charge < -0.3 is 9.84 Å². The molecule has 4 nitrogen and oxygen atoms in total. The van der Waals surface area contributed by atoms with Gasteiger partial charge in [0.1, 0.15) is 0 Å². The number of hydrogen-bond acceptors (Lipinski definition) is 4. The fraction of sp³-hybridized carbons (Fsp3) is 0.467. The van der Waals surface area contributed by atoms with Crippen LogP contribution in [-0.2, 0) is 12.8 Å². The first kappa shape index (κ1) is 12.2. The van der Waals surface area contributed by atoms with E-state index in [4.69, 9.17) is 4.52 Å². The number of aryl methyl sites for hydroxylation is 1. The van der Waals surface area contributed by atoms with E-state index in [2.05, 4.69) is 53.6 Å². The van der Waals surface area contributed by atoms with Crippen LogP contribution in [0.4, 0.5) is 6.01 Å². The molecular formula is C15H19N3O. The van der Waals surface area contributed by atoms with Crippen molar-refractivity contribution in [3.05, 3.63) is 41.2 Å². The van der Waals surface area contributed by atoms with Gasteiger partial charge in [0.2, 0.25) is 0 Å². The van der Waals surface area contributed by atoms with Crippen molar-refractivity contribution < 1.29 is 4.52 Å². The highest BCUT2D eigenvalue weighted by Gasteiger charge is 2.24. The van der Waals surface area contributed by atoms with E-state index >= 15 is 0 Å². The number of benzene rings is 1. The molecule has 19 heavy (non-hydrogen) atoms. The highest BCUT2D eigenvalue weighted by Crippen LogP contribution is 2.31. The molecule has 0 spiro atoms. The van der Waals surface area contributed by atoms with Crippen molar-refractivity contribution >= 4 is 6.01 Å². The lowest BCUT2D eigenvalue weighted by molar-refractivity contribution is 0.408. The minimum atomic E-state index is 0.306. The summed E-state index contributed by atoms with van der Waals surface area (Å²) in [4.78, 5) is 4.46. The number of fused-ring (bicyclic) bond motifs is 1. The number of aromatic nitrogens is 2. The minimum absolute atomic E-state index is 0.306. The average molecular weight is 257 g/mol. The van der Waals surface area contributed by atoms with Gasteiger partial charge in [0.15, 0.2) is 5.82 Å². The van der Waals surface area contributed by atoms with Crippen molar-refractivity contribution in [3.8, 4) is 0 Å². The maximum atomic E-state index is 5.24. The molecule has 1 aliphatic carbocycles. The van der Waals surface area contributed by atoms with E-state index in [0.29, 0.717) is 18.0 Å². The van der Waals surface area contributed by atoms with Gasteiger partial charge in [0.25, 0.3) is 0 Å². The topological polar surface area (TPSA) is 51.0 Å². The third-order valence-electron chi connectivity index (χ3n) is 3.57. The molecule has 0 bridgehead atoms. The van der Waals surface area contributed by atoms with E-state index in [1.54, 1.807) is 0 Å². The standard InChI is InChI=1S/C15H19N3O/c1-10(2)16-15-17-14(18-19-15)13-8-7-11-5-3-4-6-12(11)9-13/h3-6,10,13H,7-9H2,1-2H3,(H,16,17,18). The molecule has 1 unspecified atom stereocenters. The third kappa shape index (κ3) is 2.62. The van der Waals surface area contributed by atoms with Crippen LogP contribution in [0.1, 0.15) is 43.1 Å². The lowest BCUT2D eigenvalue weighted by Crippen LogP contribution is -2.14. The van der Waals surface area contributed by atoms with Crippen LogP contribution >= 0.6 is 0 Å². The molecule has 1 aromatic heterocycles. The average Bonchev–Trinajstić information content (AvgIpc) is 2.86. The van der Waals surface area contributed by atoms with Crippen molar-refractivity contribution in [2.24, 2.45) is 0 Å². The summed E-state index contributed by atoms with van der Waals surface area (Å²) in [5.74, 6) is 1.21. The van der Waals surface area contributed by atoms with Crippen LogP contribution in [0.25, 0.3) is 0 Å². The van der Waals surface area contributed by atoms with Gasteiger partial charge in [-0.1, -0.05) is 29.4 Å². The summed E-state index contributed by atoms with van der Waals surface area (Å²) >= 11 is 0. The molecule has 0 amide bonds. The van der Waals surface area contributed by atoms with Gasteiger partial charge in [-0.2, -0.15) is 4.98 Å². The van der Waals surface area contributed by atoms with Crippen LogP contribution in [0.5, 0.6) is 0 Å². The first-order valence-corrected chi connectivity index (χ1v) is 6.89. The Bertz CT molecular complexity index is 562. The van der Waals surface area contributed by atoms with Gasteiger partial charge in [-0.05, 0) is 44.2 Å². The summed E-state index contributed by atoms with van der Waals surface area (Å²) in [7, 11) is 0. The van der Waals surface area contributed by atoms with Crippen molar-refractivity contribution in [1.29, 1.82) is 0 Å². The fourth-order valence-electron chi connectivity index (χ4n) is 2.62. The molecule has 1 atom stereocenters. The van der Waals surface area contributed by atoms with E-state index in [0.717, 1.165) is 25.1 Å². The largest absolute Gasteiger partial charge is 0.336 e. The van der Waals surface area contributed by atoms with Crippen molar-refractivity contribution in [3.63, 3.8) is 0 Å². The van der Waals surface area contributed by atoms with Gasteiger partial charge in [0, 0.05) is 12.0 Å². The van der Waals surface area contributed by atoms with E-state index in [1.807, 2.05) is 0 Å². The summed E-state index contributed by atoms with van der Waals surface area (Å²) in [6, 6.07) is 9.47. The van der Waals surface area contributed by atoms with Crippen molar-refractivity contribution in [2.45, 2.75) is 45.1 Å². The maximum absolute atomic E-state index is 5.24. The molecule has 100 valence electrons. The van der Waals surface area contributed by atoms with E-state index < -0.39 is 0 Å². The molecule has 3 rings (SSSR count). The molecule has 1 aromatic carbocycles. The summed E-state index contributed by atoms with van der Waals surface area (Å²) < 4.78 is 5.24. The maximum Gasteiger partial charge on any atom is 0.321 e. The summed E-state index contributed by atoms with van der Waals surface area (Å²) in [5.41, 5.74) is 2.88. The molecule has 0 saturated carbocycles. The molecule has 0 saturated heterocycles. The molecular weight excluding hydrogens is 238 g/mol. The Morgan fingerprint density at radius 2 is 2.05 bits per heavy atom. The Morgan fingerprint density at radius 3 is 2.84 bits per heavy atom. The van der Waals surface area contributed by atoms with Gasteiger partial charge in [-0.3, -0.25) is 0 Å². The second-order valence-corrected chi connectivity index (χ2v) is 5.47. The zero-order valence-electron chi connectivity index (χ0n) is 11.4. The first-order valence-electron chi connectivity index (χ1n) is 6.89. The molecule has 1 N–H and O–H groups in total. The molecule has 4 heteroatoms. The Labute approximate surface area is 113 Å². The van der Waals surface area contributed by atoms with Gasteiger partial charge in [-0.15, -0.1) is 0 Å². The SMILES string of the molecule is CC(C)Nc1nc(C2CCc3ccccc3C2)no1. The Morgan fingerprint density at radius 1 is 1.26 bits per heavy atom. The minimum Gasteiger partial charge on any atom is -0.336 e. The van der Waals surface area contributed by atoms with E-state index in [9.17, 15) is 0 Å². The normalized spacial score (nSPS) is 18.4. The highest BCUT2D eigenvalue weighted by molar-refractivity contribution is 5.32. The second kappa shape index (κ2) is 5.03. The number of nitrogens with zero attached hydrogens (tertiary/aromatic N) is 2. The summed E-state index contributed by atoms with van der Waals surface area (Å²) in [6.45, 7) is 4.11. The van der Waals surface area contributed by atoms with Gasteiger partial charge in [-0.25, -0.2) is 0 Å². The Balaban J connectivity index is 1.76. The molecule has 0 radical (unpaired) electrons. The number of nitrogens with one attached hydrogen (secondary N) is 1. The third-order valence-corrected chi connectivity index (χ3v) is 3.57. The molecule has 2 aromatic rings. The Kier molecular flexibility index (Phi) is 3.23. The van der Waals surface area contributed by atoms with Crippen molar-refractivity contribution in [2.75, 3.05) is 5.32 Å². The van der Waals surface area contributed by atoms with Gasteiger partial charge >= 0.3 is 6.01 Å². The Hall–Kier alpha value is -1.84. The smallest absolute Gasteiger partial charge is 0.321 e. The van der Waals surface area contributed by atoms with Crippen LogP contribution in [0.3, 0.4) is 0 Å². The molecule has 1 aliphatic rings. The van der Waals surface area contributed by atoms with E-state index in [1.165, 1.54) is 11.1 Å². The van der Waals surface area contributed by atoms with Crippen LogP contribution in [0.2, 0.25) is 0 Å². The molecule has 1 heterocycles. The monoisotopic (exact) mass is 257 g/mol. The quantitative estimate of drug-likeness (QED) is 0.917. The van der Waals surface area contributed by atoms with E-state index in [-0.39, 0.29) is 0 Å². The summed E-state index contributed by atoms with van der Waals surface area (Å²) in [6.07, 6.45) is 3.21. The summed E-state index contributed by atoms with van der Waals surface area (Å²) in [5, 5.41) is 7.26. The molecule has 0 aliphatic heterocycles. The van der Waals surface area contributed by atoms with Crippen LogP contribution in [0, 0.1) is 0 Å². The second-order valence-electron chi connectivity index (χ2n) is 5.47. The number of hydrogen-bond donors (Lipinski definition) is 1. The van der Waals surface area contributed by atoms with Gasteiger partial charge in [0.05, 0.1) is 0 Å². The zero-order valence-corrected chi connectivity index (χ0v) is 11.4. The lowest BCUT2D eigenvalue weighted by atomic mass is 9.83. The first-order chi connectivity index (χ1) is 9.22. The fourth-order valence-corrected chi connectivity index (χ4v) is 2.62. The number of rotatable bonds is 3. The number of anilines is 1. The van der Waals surface area contributed by atoms with Crippen LogP contribution < -0.4 is 5.32 Å². The predicted molar refractivity (Wildman–Crippen MR) is 74.3 cm³/mol. The van der Waals surface area contributed by atoms with Crippen LogP contribution in [-0.4, -0.2) is 16.2 Å². The van der Waals surface area contributed by atoms with Crippen molar-refractivity contribution in [1.82, 2.24) is 10.1 Å². The molecule has 0 fully saturated rings. The lowest BCUT2D eigenvalue weighted by Gasteiger charge is -2.21. The highest BCUT2D eigenvalue weighted by atomic mass is 16.5.